The maximum absolute atomic E-state index is 13.1. The summed E-state index contributed by atoms with van der Waals surface area (Å²) in [5.74, 6) is -2.17. The summed E-state index contributed by atoms with van der Waals surface area (Å²) < 4.78 is 27.5. The van der Waals surface area contributed by atoms with Crippen molar-refractivity contribution in [2.75, 3.05) is 6.54 Å². The predicted molar refractivity (Wildman–Crippen MR) is 62.9 cm³/mol. The molecule has 1 heterocycles. The number of rotatable bonds is 4. The third-order valence-electron chi connectivity index (χ3n) is 2.42. The molecule has 18 heavy (non-hydrogen) atoms. The maximum Gasteiger partial charge on any atom is 0.240 e. The summed E-state index contributed by atoms with van der Waals surface area (Å²) in [6.45, 7) is 3.83. The van der Waals surface area contributed by atoms with E-state index in [0.29, 0.717) is 17.6 Å². The Balaban J connectivity index is 2.26. The number of amides is 1. The van der Waals surface area contributed by atoms with Gasteiger partial charge in [-0.15, -0.1) is 6.58 Å². The lowest BCUT2D eigenvalue weighted by Crippen LogP contribution is -2.27. The summed E-state index contributed by atoms with van der Waals surface area (Å²) in [4.78, 5) is 15.4. The molecule has 0 saturated heterocycles. The van der Waals surface area contributed by atoms with Crippen LogP contribution in [0.1, 0.15) is 0 Å². The molecule has 0 aliphatic rings. The first-order chi connectivity index (χ1) is 8.61. The molecule has 2 aromatic rings. The number of carbonyl (C=O) groups is 1. The molecule has 0 aliphatic carbocycles. The summed E-state index contributed by atoms with van der Waals surface area (Å²) in [6.07, 6.45) is 2.93. The predicted octanol–water partition coefficient (Wildman–Crippen LogP) is 1.62. The second-order valence-corrected chi connectivity index (χ2v) is 3.72. The quantitative estimate of drug-likeness (QED) is 0.839. The highest BCUT2D eigenvalue weighted by Gasteiger charge is 2.10. The zero-order chi connectivity index (χ0) is 13.1. The zero-order valence-electron chi connectivity index (χ0n) is 9.49. The third-order valence-corrected chi connectivity index (χ3v) is 2.42. The lowest BCUT2D eigenvalue weighted by atomic mass is 10.3. The van der Waals surface area contributed by atoms with E-state index in [-0.39, 0.29) is 12.5 Å². The SMILES string of the molecule is C=CCNC(=O)Cn1cnc2cc(F)c(F)cc21. The van der Waals surface area contributed by atoms with E-state index in [1.165, 1.54) is 10.9 Å². The summed E-state index contributed by atoms with van der Waals surface area (Å²) in [7, 11) is 0. The molecule has 0 fully saturated rings. The van der Waals surface area contributed by atoms with Crippen LogP contribution in [-0.2, 0) is 11.3 Å². The maximum atomic E-state index is 13.1. The number of benzene rings is 1. The molecule has 4 nitrogen and oxygen atoms in total. The molecule has 0 saturated carbocycles. The Morgan fingerprint density at radius 3 is 2.89 bits per heavy atom. The molecule has 94 valence electrons. The smallest absolute Gasteiger partial charge is 0.240 e. The Bertz CT molecular complexity index is 607. The van der Waals surface area contributed by atoms with Crippen molar-refractivity contribution in [3.05, 3.63) is 42.7 Å². The number of fused-ring (bicyclic) bond motifs is 1. The summed E-state index contributed by atoms with van der Waals surface area (Å²) >= 11 is 0. The Labute approximate surface area is 102 Å². The largest absolute Gasteiger partial charge is 0.351 e. The topological polar surface area (TPSA) is 46.9 Å². The molecule has 6 heteroatoms. The summed E-state index contributed by atoms with van der Waals surface area (Å²) in [5.41, 5.74) is 0.688. The van der Waals surface area contributed by atoms with Gasteiger partial charge in [-0.1, -0.05) is 6.08 Å². The van der Waals surface area contributed by atoms with Crippen LogP contribution in [0.4, 0.5) is 8.78 Å². The number of halogens is 2. The highest BCUT2D eigenvalue weighted by molar-refractivity contribution is 5.80. The highest BCUT2D eigenvalue weighted by atomic mass is 19.2. The molecule has 2 rings (SSSR count). The van der Waals surface area contributed by atoms with Crippen molar-refractivity contribution >= 4 is 16.9 Å². The lowest BCUT2D eigenvalue weighted by Gasteiger charge is -2.04. The van der Waals surface area contributed by atoms with E-state index < -0.39 is 11.6 Å². The van der Waals surface area contributed by atoms with Gasteiger partial charge >= 0.3 is 0 Å². The second kappa shape index (κ2) is 4.95. The highest BCUT2D eigenvalue weighted by Crippen LogP contribution is 2.17. The zero-order valence-corrected chi connectivity index (χ0v) is 9.49. The number of nitrogens with one attached hydrogen (secondary N) is 1. The Morgan fingerprint density at radius 2 is 2.17 bits per heavy atom. The van der Waals surface area contributed by atoms with Crippen LogP contribution in [0.25, 0.3) is 11.0 Å². The molecule has 1 aromatic heterocycles. The summed E-state index contributed by atoms with van der Waals surface area (Å²) in [5, 5.41) is 2.59. The van der Waals surface area contributed by atoms with Crippen molar-refractivity contribution in [1.82, 2.24) is 14.9 Å². The van der Waals surface area contributed by atoms with Gasteiger partial charge in [-0.3, -0.25) is 4.79 Å². The van der Waals surface area contributed by atoms with Crippen molar-refractivity contribution in [2.24, 2.45) is 0 Å². The molecule has 1 N–H and O–H groups in total. The van der Waals surface area contributed by atoms with Crippen LogP contribution in [0, 0.1) is 11.6 Å². The molecule has 0 unspecified atom stereocenters. The first-order valence-electron chi connectivity index (χ1n) is 5.29. The van der Waals surface area contributed by atoms with Crippen LogP contribution < -0.4 is 5.32 Å². The van der Waals surface area contributed by atoms with Crippen molar-refractivity contribution in [1.29, 1.82) is 0 Å². The van der Waals surface area contributed by atoms with Gasteiger partial charge in [0.15, 0.2) is 11.6 Å². The number of aromatic nitrogens is 2. The Morgan fingerprint density at radius 1 is 1.44 bits per heavy atom. The van der Waals surface area contributed by atoms with E-state index in [1.54, 1.807) is 6.08 Å². The van der Waals surface area contributed by atoms with Crippen molar-refractivity contribution in [3.63, 3.8) is 0 Å². The standard InChI is InChI=1S/C12H11F2N3O/c1-2-3-15-12(18)6-17-7-16-10-4-8(13)9(14)5-11(10)17/h2,4-5,7H,1,3,6H2,(H,15,18). The average Bonchev–Trinajstić information content (AvgIpc) is 2.70. The molecule has 0 spiro atoms. The van der Waals surface area contributed by atoms with E-state index in [1.807, 2.05) is 0 Å². The van der Waals surface area contributed by atoms with Gasteiger partial charge in [0.25, 0.3) is 0 Å². The van der Waals surface area contributed by atoms with Gasteiger partial charge in [-0.2, -0.15) is 0 Å². The molecular weight excluding hydrogens is 240 g/mol. The number of carbonyl (C=O) groups excluding carboxylic acids is 1. The number of nitrogens with zero attached hydrogens (tertiary/aromatic N) is 2. The molecule has 0 radical (unpaired) electrons. The fourth-order valence-electron chi connectivity index (χ4n) is 1.58. The van der Waals surface area contributed by atoms with Gasteiger partial charge < -0.3 is 9.88 Å². The monoisotopic (exact) mass is 251 g/mol. The minimum Gasteiger partial charge on any atom is -0.351 e. The fourth-order valence-corrected chi connectivity index (χ4v) is 1.58. The molecule has 0 aliphatic heterocycles. The van der Waals surface area contributed by atoms with Crippen LogP contribution in [0.15, 0.2) is 31.1 Å². The minimum atomic E-state index is -0.962. The molecule has 1 aromatic carbocycles. The van der Waals surface area contributed by atoms with E-state index in [9.17, 15) is 13.6 Å². The van der Waals surface area contributed by atoms with E-state index in [4.69, 9.17) is 0 Å². The summed E-state index contributed by atoms with van der Waals surface area (Å²) in [6, 6.07) is 2.03. The van der Waals surface area contributed by atoms with Gasteiger partial charge in [-0.25, -0.2) is 13.8 Å². The first kappa shape index (κ1) is 12.2. The van der Waals surface area contributed by atoms with Gasteiger partial charge in [0.1, 0.15) is 6.54 Å². The Hall–Kier alpha value is -2.24. The molecule has 0 bridgehead atoms. The number of hydrogen-bond acceptors (Lipinski definition) is 2. The normalized spacial score (nSPS) is 10.6. The van der Waals surface area contributed by atoms with Gasteiger partial charge in [-0.05, 0) is 0 Å². The molecule has 1 amide bonds. The molecular formula is C12H11F2N3O. The molecule has 0 atom stereocenters. The van der Waals surface area contributed by atoms with Crippen LogP contribution in [0.5, 0.6) is 0 Å². The van der Waals surface area contributed by atoms with Crippen LogP contribution in [0.3, 0.4) is 0 Å². The van der Waals surface area contributed by atoms with Crippen molar-refractivity contribution < 1.29 is 13.6 Å². The lowest BCUT2D eigenvalue weighted by molar-refractivity contribution is -0.121. The average molecular weight is 251 g/mol. The van der Waals surface area contributed by atoms with Crippen LogP contribution in [0.2, 0.25) is 0 Å². The van der Waals surface area contributed by atoms with Gasteiger partial charge in [0.2, 0.25) is 5.91 Å². The van der Waals surface area contributed by atoms with E-state index >= 15 is 0 Å². The van der Waals surface area contributed by atoms with E-state index in [0.717, 1.165) is 12.1 Å². The minimum absolute atomic E-state index is 0.00455. The van der Waals surface area contributed by atoms with Gasteiger partial charge in [0.05, 0.1) is 17.4 Å². The van der Waals surface area contributed by atoms with Crippen molar-refractivity contribution in [3.8, 4) is 0 Å². The second-order valence-electron chi connectivity index (χ2n) is 3.72. The number of hydrogen-bond donors (Lipinski definition) is 1. The fraction of sp³-hybridized carbons (Fsp3) is 0.167. The van der Waals surface area contributed by atoms with Crippen LogP contribution >= 0.6 is 0 Å². The van der Waals surface area contributed by atoms with Crippen LogP contribution in [-0.4, -0.2) is 22.0 Å². The van der Waals surface area contributed by atoms with Gasteiger partial charge in [0, 0.05) is 18.7 Å². The van der Waals surface area contributed by atoms with E-state index in [2.05, 4.69) is 16.9 Å². The Kier molecular flexibility index (Phi) is 3.36. The number of imidazole rings is 1. The third kappa shape index (κ3) is 2.37. The van der Waals surface area contributed by atoms with Crippen molar-refractivity contribution in [2.45, 2.75) is 6.54 Å². The first-order valence-corrected chi connectivity index (χ1v) is 5.29.